The maximum absolute atomic E-state index is 10.6. The molecule has 4 nitrogen and oxygen atoms in total. The van der Waals surface area contributed by atoms with E-state index in [4.69, 9.17) is 5.73 Å². The predicted octanol–water partition coefficient (Wildman–Crippen LogP) is 2.00. The van der Waals surface area contributed by atoms with E-state index in [0.717, 1.165) is 16.5 Å². The minimum atomic E-state index is -0.488. The Balaban J connectivity index is 2.64. The topological polar surface area (TPSA) is 68.3 Å². The van der Waals surface area contributed by atoms with Crippen LogP contribution in [0.3, 0.4) is 0 Å². The molecule has 15 heavy (non-hydrogen) atoms. The van der Waals surface area contributed by atoms with Gasteiger partial charge in [-0.1, -0.05) is 23.4 Å². The van der Waals surface area contributed by atoms with Gasteiger partial charge in [0.25, 0.3) is 0 Å². The molecule has 2 aromatic rings. The predicted molar refractivity (Wildman–Crippen MR) is 59.3 cm³/mol. The second-order valence-electron chi connectivity index (χ2n) is 3.27. The number of hydrogen-bond acceptors (Lipinski definition) is 4. The Labute approximate surface area is 87.1 Å². The van der Waals surface area contributed by atoms with Gasteiger partial charge in [-0.25, -0.2) is 0 Å². The van der Waals surface area contributed by atoms with Gasteiger partial charge >= 0.3 is 0 Å². The number of hydrogen-bond donors (Lipinski definition) is 1. The van der Waals surface area contributed by atoms with E-state index < -0.39 is 6.04 Å². The molecule has 1 unspecified atom stereocenters. The molecule has 2 N–H and O–H groups in total. The minimum absolute atomic E-state index is 0.220. The van der Waals surface area contributed by atoms with E-state index in [9.17, 15) is 4.91 Å². The van der Waals surface area contributed by atoms with Crippen molar-refractivity contribution in [3.05, 3.63) is 47.0 Å². The van der Waals surface area contributed by atoms with Crippen LogP contribution >= 0.6 is 0 Å². The molecule has 0 aliphatic carbocycles. The summed E-state index contributed by atoms with van der Waals surface area (Å²) in [6.07, 6.45) is 1.67. The zero-order valence-electron chi connectivity index (χ0n) is 8.13. The first-order chi connectivity index (χ1) is 7.36. The fourth-order valence-corrected chi connectivity index (χ4v) is 1.64. The van der Waals surface area contributed by atoms with Gasteiger partial charge in [0.2, 0.25) is 0 Å². The van der Waals surface area contributed by atoms with E-state index in [1.54, 1.807) is 12.3 Å². The second kappa shape index (κ2) is 4.14. The van der Waals surface area contributed by atoms with Crippen LogP contribution in [0.25, 0.3) is 10.9 Å². The molecular formula is C11H11N3O. The summed E-state index contributed by atoms with van der Waals surface area (Å²) in [4.78, 5) is 14.8. The fraction of sp³-hybridized carbons (Fsp3) is 0.182. The summed E-state index contributed by atoms with van der Waals surface area (Å²) in [6, 6.07) is 8.94. The Morgan fingerprint density at radius 2 is 2.13 bits per heavy atom. The summed E-state index contributed by atoms with van der Waals surface area (Å²) in [5.41, 5.74) is 7.20. The van der Waals surface area contributed by atoms with Crippen LogP contribution < -0.4 is 5.73 Å². The van der Waals surface area contributed by atoms with Crippen molar-refractivity contribution in [2.45, 2.75) is 6.04 Å². The Hall–Kier alpha value is -1.81. The number of para-hydroxylation sites is 1. The lowest BCUT2D eigenvalue weighted by Gasteiger charge is -2.09. The number of benzene rings is 1. The summed E-state index contributed by atoms with van der Waals surface area (Å²) in [5.74, 6) is 0. The van der Waals surface area contributed by atoms with E-state index in [-0.39, 0.29) is 6.54 Å². The van der Waals surface area contributed by atoms with Crippen molar-refractivity contribution in [2.24, 2.45) is 10.9 Å². The van der Waals surface area contributed by atoms with Crippen LogP contribution in [0.4, 0.5) is 0 Å². The SMILES string of the molecule is NCC(N=O)c1ccnc2ccccc12. The molecule has 2 rings (SSSR count). The molecule has 0 aliphatic heterocycles. The first-order valence-corrected chi connectivity index (χ1v) is 4.73. The lowest BCUT2D eigenvalue weighted by atomic mass is 10.0. The Kier molecular flexibility index (Phi) is 2.69. The first kappa shape index (κ1) is 9.73. The molecule has 1 atom stereocenters. The number of aromatic nitrogens is 1. The molecule has 4 heteroatoms. The lowest BCUT2D eigenvalue weighted by molar-refractivity contribution is 0.738. The zero-order valence-corrected chi connectivity index (χ0v) is 8.13. The number of nitrogens with two attached hydrogens (primary N) is 1. The zero-order chi connectivity index (χ0) is 10.7. The summed E-state index contributed by atoms with van der Waals surface area (Å²) in [7, 11) is 0. The summed E-state index contributed by atoms with van der Waals surface area (Å²) in [6.45, 7) is 0.220. The van der Waals surface area contributed by atoms with Gasteiger partial charge in [-0.05, 0) is 17.7 Å². The smallest absolute Gasteiger partial charge is 0.130 e. The summed E-state index contributed by atoms with van der Waals surface area (Å²) in [5, 5.41) is 3.96. The van der Waals surface area contributed by atoms with Gasteiger partial charge in [-0.3, -0.25) is 4.98 Å². The third-order valence-corrected chi connectivity index (χ3v) is 2.39. The van der Waals surface area contributed by atoms with Gasteiger partial charge in [0, 0.05) is 18.1 Å². The average molecular weight is 201 g/mol. The van der Waals surface area contributed by atoms with Crippen LogP contribution in [0.1, 0.15) is 11.6 Å². The van der Waals surface area contributed by atoms with E-state index >= 15 is 0 Å². The van der Waals surface area contributed by atoms with E-state index in [2.05, 4.69) is 10.2 Å². The highest BCUT2D eigenvalue weighted by molar-refractivity contribution is 5.82. The molecule has 0 radical (unpaired) electrons. The van der Waals surface area contributed by atoms with E-state index in [1.807, 2.05) is 24.3 Å². The normalized spacial score (nSPS) is 12.6. The van der Waals surface area contributed by atoms with Gasteiger partial charge < -0.3 is 5.73 Å². The Morgan fingerprint density at radius 3 is 2.87 bits per heavy atom. The van der Waals surface area contributed by atoms with Crippen LogP contribution in [0, 0.1) is 4.91 Å². The molecule has 0 saturated carbocycles. The molecule has 0 spiro atoms. The van der Waals surface area contributed by atoms with Gasteiger partial charge in [0.15, 0.2) is 0 Å². The second-order valence-corrected chi connectivity index (χ2v) is 3.27. The van der Waals surface area contributed by atoms with Crippen molar-refractivity contribution in [3.8, 4) is 0 Å². The molecule has 0 saturated heterocycles. The molecule has 1 heterocycles. The molecule has 76 valence electrons. The van der Waals surface area contributed by atoms with Gasteiger partial charge in [-0.15, -0.1) is 0 Å². The van der Waals surface area contributed by atoms with Crippen molar-refractivity contribution in [2.75, 3.05) is 6.54 Å². The average Bonchev–Trinajstić information content (AvgIpc) is 2.31. The lowest BCUT2D eigenvalue weighted by Crippen LogP contribution is -2.10. The van der Waals surface area contributed by atoms with Crippen molar-refractivity contribution in [3.63, 3.8) is 0 Å². The fourth-order valence-electron chi connectivity index (χ4n) is 1.64. The van der Waals surface area contributed by atoms with E-state index in [0.29, 0.717) is 0 Å². The van der Waals surface area contributed by atoms with Crippen LogP contribution in [-0.4, -0.2) is 11.5 Å². The standard InChI is InChI=1S/C11H11N3O/c12-7-11(14-15)9-5-6-13-10-4-2-1-3-8(9)10/h1-6,11H,7,12H2. The highest BCUT2D eigenvalue weighted by Crippen LogP contribution is 2.24. The number of fused-ring (bicyclic) bond motifs is 1. The molecular weight excluding hydrogens is 190 g/mol. The van der Waals surface area contributed by atoms with Crippen molar-refractivity contribution < 1.29 is 0 Å². The number of nitroso groups, excluding NO2 is 1. The highest BCUT2D eigenvalue weighted by Gasteiger charge is 2.12. The molecule has 1 aromatic carbocycles. The number of rotatable bonds is 3. The van der Waals surface area contributed by atoms with Gasteiger partial charge in [-0.2, -0.15) is 4.91 Å². The number of nitrogens with zero attached hydrogens (tertiary/aromatic N) is 2. The molecule has 0 bridgehead atoms. The largest absolute Gasteiger partial charge is 0.328 e. The quantitative estimate of drug-likeness (QED) is 0.772. The maximum atomic E-state index is 10.6. The van der Waals surface area contributed by atoms with Crippen LogP contribution in [-0.2, 0) is 0 Å². The third kappa shape index (κ3) is 1.71. The highest BCUT2D eigenvalue weighted by atomic mass is 16.3. The Morgan fingerprint density at radius 1 is 1.33 bits per heavy atom. The van der Waals surface area contributed by atoms with Crippen LogP contribution in [0.2, 0.25) is 0 Å². The summed E-state index contributed by atoms with van der Waals surface area (Å²) < 4.78 is 0. The third-order valence-electron chi connectivity index (χ3n) is 2.39. The number of pyridine rings is 1. The monoisotopic (exact) mass is 201 g/mol. The summed E-state index contributed by atoms with van der Waals surface area (Å²) >= 11 is 0. The molecule has 0 amide bonds. The molecule has 1 aromatic heterocycles. The van der Waals surface area contributed by atoms with Crippen molar-refractivity contribution in [1.82, 2.24) is 4.98 Å². The minimum Gasteiger partial charge on any atom is -0.328 e. The van der Waals surface area contributed by atoms with Crippen molar-refractivity contribution >= 4 is 10.9 Å². The first-order valence-electron chi connectivity index (χ1n) is 4.73. The van der Waals surface area contributed by atoms with Crippen LogP contribution in [0.5, 0.6) is 0 Å². The Bertz CT molecular complexity index is 479. The maximum Gasteiger partial charge on any atom is 0.130 e. The van der Waals surface area contributed by atoms with Crippen LogP contribution in [0.15, 0.2) is 41.7 Å². The molecule has 0 fully saturated rings. The van der Waals surface area contributed by atoms with E-state index in [1.165, 1.54) is 0 Å². The van der Waals surface area contributed by atoms with Gasteiger partial charge in [0.05, 0.1) is 5.52 Å². The molecule has 0 aliphatic rings. The van der Waals surface area contributed by atoms with Crippen molar-refractivity contribution in [1.29, 1.82) is 0 Å². The van der Waals surface area contributed by atoms with Gasteiger partial charge in [0.1, 0.15) is 6.04 Å².